The summed E-state index contributed by atoms with van der Waals surface area (Å²) in [6.07, 6.45) is 1.47. The minimum atomic E-state index is -0.380. The van der Waals surface area contributed by atoms with Crippen molar-refractivity contribution in [1.82, 2.24) is 14.5 Å². The first kappa shape index (κ1) is 14.7. The highest BCUT2D eigenvalue weighted by Gasteiger charge is 2.09. The third-order valence-electron chi connectivity index (χ3n) is 2.72. The Kier molecular flexibility index (Phi) is 4.86. The molecule has 0 unspecified atom stereocenters. The van der Waals surface area contributed by atoms with E-state index in [-0.39, 0.29) is 5.69 Å². The van der Waals surface area contributed by atoms with Crippen LogP contribution in [-0.4, -0.2) is 34.8 Å². The van der Waals surface area contributed by atoms with Gasteiger partial charge in [-0.05, 0) is 34.5 Å². The number of anilines is 1. The number of methoxy groups -OCH3 is 1. The van der Waals surface area contributed by atoms with Gasteiger partial charge in [0.05, 0.1) is 12.3 Å². The average Bonchev–Trinajstić information content (AvgIpc) is 2.41. The number of nitrogens with zero attached hydrogens (tertiary/aromatic N) is 3. The fraction of sp³-hybridized carbons (Fsp3) is 0.308. The second kappa shape index (κ2) is 6.62. The Morgan fingerprint density at radius 2 is 2.25 bits per heavy atom. The summed E-state index contributed by atoms with van der Waals surface area (Å²) in [5.74, 6) is 0.299. The maximum Gasteiger partial charge on any atom is 0.356 e. The zero-order chi connectivity index (χ0) is 14.5. The highest BCUT2D eigenvalue weighted by Crippen LogP contribution is 2.22. The zero-order valence-electron chi connectivity index (χ0n) is 11.3. The average molecular weight is 339 g/mol. The van der Waals surface area contributed by atoms with E-state index in [0.717, 1.165) is 15.7 Å². The molecule has 106 valence electrons. The molecular formula is C13H15BrN4O2. The van der Waals surface area contributed by atoms with Gasteiger partial charge in [0, 0.05) is 18.1 Å². The van der Waals surface area contributed by atoms with Gasteiger partial charge in [0.1, 0.15) is 6.33 Å². The third kappa shape index (κ3) is 3.23. The number of rotatable bonds is 5. The summed E-state index contributed by atoms with van der Waals surface area (Å²) in [6.45, 7) is 3.00. The third-order valence-corrected chi connectivity index (χ3v) is 3.36. The van der Waals surface area contributed by atoms with Gasteiger partial charge in [-0.2, -0.15) is 4.98 Å². The SMILES string of the molecule is COCCNc1ncn(-c2c(C)cccc2Br)c(=O)n1. The van der Waals surface area contributed by atoms with Crippen molar-refractivity contribution in [2.75, 3.05) is 25.6 Å². The Hall–Kier alpha value is -1.73. The predicted octanol–water partition coefficient (Wildman–Crippen LogP) is 1.76. The molecule has 0 amide bonds. The van der Waals surface area contributed by atoms with Gasteiger partial charge in [0.15, 0.2) is 0 Å². The lowest BCUT2D eigenvalue weighted by molar-refractivity contribution is 0.210. The lowest BCUT2D eigenvalue weighted by atomic mass is 10.2. The van der Waals surface area contributed by atoms with Gasteiger partial charge >= 0.3 is 5.69 Å². The maximum absolute atomic E-state index is 12.1. The second-order valence-corrected chi connectivity index (χ2v) is 5.01. The van der Waals surface area contributed by atoms with E-state index < -0.39 is 0 Å². The Morgan fingerprint density at radius 1 is 1.45 bits per heavy atom. The first-order chi connectivity index (χ1) is 9.63. The molecule has 0 saturated carbocycles. The highest BCUT2D eigenvalue weighted by atomic mass is 79.9. The summed E-state index contributed by atoms with van der Waals surface area (Å²) >= 11 is 3.44. The molecular weight excluding hydrogens is 324 g/mol. The van der Waals surface area contributed by atoms with Crippen LogP contribution in [0.4, 0.5) is 5.95 Å². The van der Waals surface area contributed by atoms with Crippen LogP contribution in [0.5, 0.6) is 0 Å². The molecule has 2 rings (SSSR count). The first-order valence-electron chi connectivity index (χ1n) is 6.07. The van der Waals surface area contributed by atoms with E-state index in [1.54, 1.807) is 7.11 Å². The molecule has 2 aromatic rings. The Bertz CT molecular complexity index is 637. The van der Waals surface area contributed by atoms with Crippen LogP contribution in [0.3, 0.4) is 0 Å². The number of benzene rings is 1. The lowest BCUT2D eigenvalue weighted by Gasteiger charge is -2.11. The van der Waals surface area contributed by atoms with E-state index >= 15 is 0 Å². The van der Waals surface area contributed by atoms with E-state index in [9.17, 15) is 4.79 Å². The van der Waals surface area contributed by atoms with E-state index in [4.69, 9.17) is 4.74 Å². The van der Waals surface area contributed by atoms with Crippen LogP contribution in [0.25, 0.3) is 5.69 Å². The van der Waals surface area contributed by atoms with Crippen molar-refractivity contribution < 1.29 is 4.74 Å². The molecule has 1 N–H and O–H groups in total. The monoisotopic (exact) mass is 338 g/mol. The molecule has 0 aliphatic rings. The summed E-state index contributed by atoms with van der Waals surface area (Å²) < 4.78 is 7.15. The second-order valence-electron chi connectivity index (χ2n) is 4.16. The number of hydrogen-bond acceptors (Lipinski definition) is 5. The van der Waals surface area contributed by atoms with Crippen molar-refractivity contribution in [3.05, 3.63) is 45.0 Å². The molecule has 0 saturated heterocycles. The van der Waals surface area contributed by atoms with Crippen molar-refractivity contribution in [2.24, 2.45) is 0 Å². The van der Waals surface area contributed by atoms with Crippen molar-refractivity contribution in [1.29, 1.82) is 0 Å². The van der Waals surface area contributed by atoms with E-state index in [1.807, 2.05) is 25.1 Å². The van der Waals surface area contributed by atoms with Gasteiger partial charge in [0.25, 0.3) is 0 Å². The molecule has 0 aliphatic carbocycles. The maximum atomic E-state index is 12.1. The van der Waals surface area contributed by atoms with Gasteiger partial charge < -0.3 is 10.1 Å². The fourth-order valence-corrected chi connectivity index (χ4v) is 2.42. The molecule has 20 heavy (non-hydrogen) atoms. The largest absolute Gasteiger partial charge is 0.383 e. The molecule has 7 heteroatoms. The van der Waals surface area contributed by atoms with Crippen molar-refractivity contribution in [2.45, 2.75) is 6.92 Å². The smallest absolute Gasteiger partial charge is 0.356 e. The van der Waals surface area contributed by atoms with E-state index in [0.29, 0.717) is 19.1 Å². The molecule has 0 atom stereocenters. The van der Waals surface area contributed by atoms with Gasteiger partial charge in [-0.15, -0.1) is 0 Å². The van der Waals surface area contributed by atoms with Crippen LogP contribution in [0.15, 0.2) is 33.8 Å². The molecule has 1 heterocycles. The highest BCUT2D eigenvalue weighted by molar-refractivity contribution is 9.10. The zero-order valence-corrected chi connectivity index (χ0v) is 12.8. The molecule has 1 aromatic carbocycles. The first-order valence-corrected chi connectivity index (χ1v) is 6.87. The Labute approximate surface area is 125 Å². The van der Waals surface area contributed by atoms with Crippen LogP contribution >= 0.6 is 15.9 Å². The summed E-state index contributed by atoms with van der Waals surface area (Å²) in [6, 6.07) is 5.71. The van der Waals surface area contributed by atoms with E-state index in [2.05, 4.69) is 31.2 Å². The van der Waals surface area contributed by atoms with Crippen molar-refractivity contribution >= 4 is 21.9 Å². The van der Waals surface area contributed by atoms with Crippen LogP contribution in [0, 0.1) is 6.92 Å². The molecule has 0 radical (unpaired) electrons. The molecule has 1 aromatic heterocycles. The van der Waals surface area contributed by atoms with Crippen LogP contribution in [-0.2, 0) is 4.74 Å². The molecule has 0 bridgehead atoms. The topological polar surface area (TPSA) is 69.0 Å². The van der Waals surface area contributed by atoms with Crippen LogP contribution in [0.2, 0.25) is 0 Å². The molecule has 0 fully saturated rings. The number of aromatic nitrogens is 3. The van der Waals surface area contributed by atoms with Gasteiger partial charge in [0.2, 0.25) is 5.95 Å². The number of hydrogen-bond donors (Lipinski definition) is 1. The number of halogens is 1. The fourth-order valence-electron chi connectivity index (χ4n) is 1.77. The number of nitrogens with one attached hydrogen (secondary N) is 1. The minimum Gasteiger partial charge on any atom is -0.383 e. The Morgan fingerprint density at radius 3 is 2.90 bits per heavy atom. The van der Waals surface area contributed by atoms with Crippen molar-refractivity contribution in [3.63, 3.8) is 0 Å². The van der Waals surface area contributed by atoms with Crippen LogP contribution < -0.4 is 11.0 Å². The quantitative estimate of drug-likeness (QED) is 0.841. The van der Waals surface area contributed by atoms with Gasteiger partial charge in [-0.3, -0.25) is 0 Å². The molecule has 6 nitrogen and oxygen atoms in total. The lowest BCUT2D eigenvalue weighted by Crippen LogP contribution is -2.25. The van der Waals surface area contributed by atoms with Gasteiger partial charge in [-0.25, -0.2) is 14.3 Å². The summed E-state index contributed by atoms with van der Waals surface area (Å²) in [5, 5.41) is 2.92. The van der Waals surface area contributed by atoms with E-state index in [1.165, 1.54) is 10.9 Å². The summed E-state index contributed by atoms with van der Waals surface area (Å²) in [4.78, 5) is 20.1. The number of aryl methyl sites for hydroxylation is 1. The molecule has 0 aliphatic heterocycles. The van der Waals surface area contributed by atoms with Crippen molar-refractivity contribution in [3.8, 4) is 5.69 Å². The summed E-state index contributed by atoms with van der Waals surface area (Å²) in [5.41, 5.74) is 1.33. The van der Waals surface area contributed by atoms with Crippen LogP contribution in [0.1, 0.15) is 5.56 Å². The minimum absolute atomic E-state index is 0.299. The Balaban J connectivity index is 2.33. The van der Waals surface area contributed by atoms with Gasteiger partial charge in [-0.1, -0.05) is 12.1 Å². The predicted molar refractivity (Wildman–Crippen MR) is 80.4 cm³/mol. The number of ether oxygens (including phenoxy) is 1. The summed E-state index contributed by atoms with van der Waals surface area (Å²) in [7, 11) is 1.61. The molecule has 0 spiro atoms. The standard InChI is InChI=1S/C13H15BrN4O2/c1-9-4-3-5-10(14)11(9)18-8-16-12(17-13(18)19)15-6-7-20-2/h3-5,8H,6-7H2,1-2H3,(H,15,17,19). The normalized spacial score (nSPS) is 10.6. The number of para-hydroxylation sites is 1.